The summed E-state index contributed by atoms with van der Waals surface area (Å²) >= 11 is 0. The van der Waals surface area contributed by atoms with Crippen molar-refractivity contribution in [3.8, 4) is 11.5 Å². The van der Waals surface area contributed by atoms with Gasteiger partial charge in [-0.2, -0.15) is 0 Å². The second-order valence-electron chi connectivity index (χ2n) is 11.0. The number of hydrogen-bond donors (Lipinski definition) is 1. The molecule has 2 amide bonds. The average molecular weight is 502 g/mol. The van der Waals surface area contributed by atoms with Crippen molar-refractivity contribution >= 4 is 23.4 Å². The number of fused-ring (bicyclic) bond motifs is 3. The third-order valence-corrected chi connectivity index (χ3v) is 9.07. The molecule has 5 aliphatic rings. The van der Waals surface area contributed by atoms with Gasteiger partial charge in [0.1, 0.15) is 0 Å². The Morgan fingerprint density at radius 2 is 1.76 bits per heavy atom. The van der Waals surface area contributed by atoms with Gasteiger partial charge in [0.25, 0.3) is 0 Å². The second-order valence-corrected chi connectivity index (χ2v) is 11.0. The fraction of sp³-hybridized carbons (Fsp3) is 0.467. The highest BCUT2D eigenvalue weighted by molar-refractivity contribution is 6.23. The first kappa shape index (κ1) is 23.9. The van der Waals surface area contributed by atoms with Crippen molar-refractivity contribution in [3.05, 3.63) is 58.2 Å². The molecule has 0 unspecified atom stereocenters. The zero-order valence-corrected chi connectivity index (χ0v) is 21.2. The number of hydrogen-bond acceptors (Lipinski definition) is 6. The van der Waals surface area contributed by atoms with Crippen LogP contribution in [-0.4, -0.2) is 46.5 Å². The smallest absolute Gasteiger partial charge is 0.233 e. The molecule has 0 bridgehead atoms. The van der Waals surface area contributed by atoms with Crippen LogP contribution in [0.25, 0.3) is 0 Å². The van der Waals surface area contributed by atoms with Crippen LogP contribution in [0.1, 0.15) is 63.4 Å². The highest BCUT2D eigenvalue weighted by Gasteiger charge is 2.57. The minimum atomic E-state index is -0.571. The predicted octanol–water partition coefficient (Wildman–Crippen LogP) is 4.16. The molecule has 1 aromatic carbocycles. The van der Waals surface area contributed by atoms with Gasteiger partial charge in [0.2, 0.25) is 11.8 Å². The molecule has 2 fully saturated rings. The van der Waals surface area contributed by atoms with E-state index in [9.17, 15) is 24.3 Å². The number of allylic oxidation sites excluding steroid dienone is 6. The largest absolute Gasteiger partial charge is 0.504 e. The van der Waals surface area contributed by atoms with Gasteiger partial charge in [-0.3, -0.25) is 24.1 Å². The first-order chi connectivity index (χ1) is 17.8. The average Bonchev–Trinajstić information content (AvgIpc) is 3.16. The molecule has 4 atom stereocenters. The van der Waals surface area contributed by atoms with Gasteiger partial charge in [-0.05, 0) is 62.3 Å². The van der Waals surface area contributed by atoms with E-state index in [4.69, 9.17) is 4.74 Å². The molecule has 0 aromatic heterocycles. The summed E-state index contributed by atoms with van der Waals surface area (Å²) < 4.78 is 5.21. The lowest BCUT2D eigenvalue weighted by atomic mass is 9.59. The molecule has 7 heteroatoms. The number of phenols is 1. The maximum atomic E-state index is 13.9. The molecule has 1 saturated heterocycles. The number of carbonyl (C=O) groups is 4. The molecule has 4 aliphatic carbocycles. The van der Waals surface area contributed by atoms with Crippen molar-refractivity contribution in [3.63, 3.8) is 0 Å². The number of rotatable bonds is 3. The number of imide groups is 1. The molecule has 0 radical (unpaired) electrons. The van der Waals surface area contributed by atoms with E-state index < -0.39 is 17.8 Å². The molecule has 1 N–H and O–H groups in total. The Balaban J connectivity index is 1.46. The van der Waals surface area contributed by atoms with Gasteiger partial charge < -0.3 is 9.84 Å². The third kappa shape index (κ3) is 3.54. The van der Waals surface area contributed by atoms with E-state index in [0.29, 0.717) is 34.5 Å². The highest BCUT2D eigenvalue weighted by Crippen LogP contribution is 2.56. The summed E-state index contributed by atoms with van der Waals surface area (Å²) in [5, 5.41) is 10.6. The maximum absolute atomic E-state index is 13.9. The molecule has 1 saturated carbocycles. The highest BCUT2D eigenvalue weighted by atomic mass is 16.5. The lowest BCUT2D eigenvalue weighted by molar-refractivity contribution is -0.143. The summed E-state index contributed by atoms with van der Waals surface area (Å²) in [5.74, 6) is -2.24. The van der Waals surface area contributed by atoms with Crippen molar-refractivity contribution in [1.82, 2.24) is 4.90 Å². The quantitative estimate of drug-likeness (QED) is 0.379. The Morgan fingerprint density at radius 1 is 1.00 bits per heavy atom. The molecule has 7 nitrogen and oxygen atoms in total. The van der Waals surface area contributed by atoms with Crippen LogP contribution in [0.5, 0.6) is 11.5 Å². The fourth-order valence-corrected chi connectivity index (χ4v) is 7.35. The van der Waals surface area contributed by atoms with E-state index in [2.05, 4.69) is 0 Å². The van der Waals surface area contributed by atoms with Crippen LogP contribution in [0.4, 0.5) is 0 Å². The van der Waals surface area contributed by atoms with Crippen LogP contribution in [-0.2, 0) is 19.2 Å². The number of ether oxygens (including phenoxy) is 1. The Kier molecular flexibility index (Phi) is 5.70. The monoisotopic (exact) mass is 501 g/mol. The van der Waals surface area contributed by atoms with E-state index >= 15 is 0 Å². The molecule has 1 heterocycles. The number of amides is 2. The van der Waals surface area contributed by atoms with E-state index in [1.165, 1.54) is 13.2 Å². The molecule has 1 aliphatic heterocycles. The lowest BCUT2D eigenvalue weighted by Gasteiger charge is -2.42. The Hall–Kier alpha value is -3.48. The summed E-state index contributed by atoms with van der Waals surface area (Å²) in [4.78, 5) is 55.6. The fourth-order valence-electron chi connectivity index (χ4n) is 7.35. The van der Waals surface area contributed by atoms with Crippen molar-refractivity contribution in [2.45, 2.75) is 63.8 Å². The van der Waals surface area contributed by atoms with Crippen LogP contribution in [0, 0.1) is 17.8 Å². The number of aromatic hydroxyl groups is 1. The van der Waals surface area contributed by atoms with Gasteiger partial charge in [0, 0.05) is 28.7 Å². The van der Waals surface area contributed by atoms with E-state index in [0.717, 1.165) is 37.7 Å². The van der Waals surface area contributed by atoms with Crippen molar-refractivity contribution in [2.75, 3.05) is 7.11 Å². The van der Waals surface area contributed by atoms with Gasteiger partial charge in [0.15, 0.2) is 23.1 Å². The number of benzene rings is 1. The van der Waals surface area contributed by atoms with Crippen LogP contribution < -0.4 is 4.74 Å². The number of Topliss-reactive ketones (excluding diaryl/α,β-unsaturated/α-hetero) is 1. The summed E-state index contributed by atoms with van der Waals surface area (Å²) in [7, 11) is 1.47. The molecule has 6 rings (SSSR count). The topological polar surface area (TPSA) is 101 Å². The summed E-state index contributed by atoms with van der Waals surface area (Å²) in [6.07, 6.45) is 8.97. The summed E-state index contributed by atoms with van der Waals surface area (Å²) in [6.45, 7) is 1.64. The Bertz CT molecular complexity index is 1330. The van der Waals surface area contributed by atoms with Gasteiger partial charge in [-0.25, -0.2) is 0 Å². The number of methoxy groups -OCH3 is 1. The zero-order valence-electron chi connectivity index (χ0n) is 21.2. The van der Waals surface area contributed by atoms with Crippen LogP contribution >= 0.6 is 0 Å². The van der Waals surface area contributed by atoms with E-state index in [1.54, 1.807) is 30.0 Å². The number of likely N-dealkylation sites (tertiary alicyclic amines) is 1. The molecule has 1 aromatic rings. The summed E-state index contributed by atoms with van der Waals surface area (Å²) in [6, 6.07) is 4.97. The Labute approximate surface area is 215 Å². The van der Waals surface area contributed by atoms with Gasteiger partial charge >= 0.3 is 0 Å². The van der Waals surface area contributed by atoms with Gasteiger partial charge in [-0.1, -0.05) is 37.0 Å². The van der Waals surface area contributed by atoms with Crippen molar-refractivity contribution in [1.29, 1.82) is 0 Å². The van der Waals surface area contributed by atoms with Gasteiger partial charge in [-0.15, -0.1) is 0 Å². The standard InChI is InChI=1S/C30H31NO6/c1-15-12-22(32)21-14-20-18(25(27(21)28(15)34)16-8-11-24(37-2)23(33)13-16)9-10-19-26(20)30(36)31(29(19)35)17-6-4-3-5-7-17/h8-9,11-13,17,19-20,25-26,33H,3-7,10,14H2,1-2H3/t19-,20+,25-,26-/m0/s1. The van der Waals surface area contributed by atoms with Gasteiger partial charge in [0.05, 0.1) is 18.9 Å². The van der Waals surface area contributed by atoms with Crippen molar-refractivity contribution in [2.24, 2.45) is 17.8 Å². The number of phenolic OH excluding ortho intramolecular Hbond substituents is 1. The first-order valence-electron chi connectivity index (χ1n) is 13.3. The molecule has 192 valence electrons. The maximum Gasteiger partial charge on any atom is 0.233 e. The molecular formula is C30H31NO6. The predicted molar refractivity (Wildman–Crippen MR) is 135 cm³/mol. The van der Waals surface area contributed by atoms with E-state index in [-0.39, 0.29) is 47.5 Å². The van der Waals surface area contributed by atoms with Crippen molar-refractivity contribution < 1.29 is 29.0 Å². The van der Waals surface area contributed by atoms with Crippen LogP contribution in [0.2, 0.25) is 0 Å². The minimum Gasteiger partial charge on any atom is -0.504 e. The normalized spacial score (nSPS) is 30.1. The summed E-state index contributed by atoms with van der Waals surface area (Å²) in [5.41, 5.74) is 2.80. The molecule has 0 spiro atoms. The van der Waals surface area contributed by atoms with Crippen LogP contribution in [0.15, 0.2) is 52.6 Å². The lowest BCUT2D eigenvalue weighted by Crippen LogP contribution is -2.43. The first-order valence-corrected chi connectivity index (χ1v) is 13.3. The SMILES string of the molecule is COc1ccc([C@H]2C3=CC[C@@H]4C(=O)N(C5CCCCC5)C(=O)[C@@H]4[C@@H]3CC3=C2C(=O)C(C)=CC3=O)cc1O. The molecule has 37 heavy (non-hydrogen) atoms. The minimum absolute atomic E-state index is 0.0426. The number of ketones is 2. The molecular weight excluding hydrogens is 470 g/mol. The third-order valence-electron chi connectivity index (χ3n) is 9.07. The number of carbonyl (C=O) groups excluding carboxylic acids is 4. The zero-order chi connectivity index (χ0) is 26.0. The second kappa shape index (κ2) is 8.82. The number of nitrogens with zero attached hydrogens (tertiary/aromatic N) is 1. The van der Waals surface area contributed by atoms with E-state index in [1.807, 2.05) is 6.08 Å². The van der Waals surface area contributed by atoms with Crippen LogP contribution in [0.3, 0.4) is 0 Å². The Morgan fingerprint density at radius 3 is 2.46 bits per heavy atom.